The quantitative estimate of drug-likeness (QED) is 0.431. The van der Waals surface area contributed by atoms with Gasteiger partial charge in [-0.15, -0.1) is 0 Å². The number of hydrogen-bond acceptors (Lipinski definition) is 4. The van der Waals surface area contributed by atoms with Crippen LogP contribution in [0.5, 0.6) is 17.2 Å². The highest BCUT2D eigenvalue weighted by Gasteiger charge is 2.37. The largest absolute Gasteiger partial charge is 0.507 e. The van der Waals surface area contributed by atoms with Gasteiger partial charge in [0.2, 0.25) is 0 Å². The van der Waals surface area contributed by atoms with Gasteiger partial charge in [0.25, 0.3) is 0 Å². The van der Waals surface area contributed by atoms with Crippen LogP contribution < -0.4 is 9.47 Å². The summed E-state index contributed by atoms with van der Waals surface area (Å²) in [6.07, 6.45) is 7.08. The zero-order chi connectivity index (χ0) is 21.7. The van der Waals surface area contributed by atoms with Crippen LogP contribution in [-0.2, 0) is 6.42 Å². The van der Waals surface area contributed by atoms with Crippen molar-refractivity contribution < 1.29 is 19.4 Å². The number of benzene rings is 2. The molecule has 2 aromatic rings. The molecule has 0 saturated carbocycles. The van der Waals surface area contributed by atoms with Gasteiger partial charge in [0.15, 0.2) is 5.78 Å². The fourth-order valence-corrected chi connectivity index (χ4v) is 3.93. The Hall–Kier alpha value is -2.75. The van der Waals surface area contributed by atoms with E-state index in [1.165, 1.54) is 13.2 Å². The van der Waals surface area contributed by atoms with Crippen LogP contribution in [0.3, 0.4) is 0 Å². The van der Waals surface area contributed by atoms with E-state index in [2.05, 4.69) is 32.9 Å². The Morgan fingerprint density at radius 1 is 1.23 bits per heavy atom. The summed E-state index contributed by atoms with van der Waals surface area (Å²) in [6.45, 7) is 6.44. The first kappa shape index (κ1) is 21.9. The molecule has 0 fully saturated rings. The van der Waals surface area contributed by atoms with Crippen molar-refractivity contribution in [2.45, 2.75) is 52.1 Å². The van der Waals surface area contributed by atoms with Crippen LogP contribution in [0.15, 0.2) is 54.6 Å². The highest BCUT2D eigenvalue weighted by Crippen LogP contribution is 2.41. The Morgan fingerprint density at radius 2 is 1.97 bits per heavy atom. The maximum atomic E-state index is 13.1. The third-order valence-electron chi connectivity index (χ3n) is 6.03. The number of ketones is 1. The lowest BCUT2D eigenvalue weighted by Crippen LogP contribution is -2.42. The lowest BCUT2D eigenvalue weighted by molar-refractivity contribution is 0.0489. The van der Waals surface area contributed by atoms with Crippen molar-refractivity contribution >= 4 is 5.78 Å². The molecule has 2 aromatic carbocycles. The minimum absolute atomic E-state index is 0.102. The molecule has 2 atom stereocenters. The van der Waals surface area contributed by atoms with Crippen molar-refractivity contribution in [3.05, 3.63) is 65.7 Å². The minimum atomic E-state index is -0.514. The van der Waals surface area contributed by atoms with Gasteiger partial charge in [0.1, 0.15) is 28.4 Å². The van der Waals surface area contributed by atoms with Crippen molar-refractivity contribution in [3.8, 4) is 17.2 Å². The predicted octanol–water partition coefficient (Wildman–Crippen LogP) is 5.98. The number of phenolic OH excluding ortho intramolecular Hbond substituents is 1. The molecule has 0 heterocycles. The van der Waals surface area contributed by atoms with Crippen molar-refractivity contribution in [1.82, 2.24) is 0 Å². The molecule has 3 rings (SSSR count). The van der Waals surface area contributed by atoms with E-state index in [-0.39, 0.29) is 23.0 Å². The molecule has 30 heavy (non-hydrogen) atoms. The van der Waals surface area contributed by atoms with E-state index in [0.717, 1.165) is 18.4 Å². The highest BCUT2D eigenvalue weighted by atomic mass is 16.5. The zero-order valence-electron chi connectivity index (χ0n) is 18.4. The number of methoxy groups -OCH3 is 1. The topological polar surface area (TPSA) is 55.8 Å². The van der Waals surface area contributed by atoms with Crippen LogP contribution in [0.1, 0.15) is 56.0 Å². The molecule has 160 valence electrons. The SMILES string of the molecule is COc1cc(O)c(C(=O)CCc2ccccc2)c(O[C@@]2(C(C)C)C=C[C@H](C)CC2)c1. The lowest BCUT2D eigenvalue weighted by atomic mass is 9.78. The van der Waals surface area contributed by atoms with Gasteiger partial charge < -0.3 is 14.6 Å². The van der Waals surface area contributed by atoms with Crippen LogP contribution >= 0.6 is 0 Å². The van der Waals surface area contributed by atoms with Crippen LogP contribution in [0.4, 0.5) is 0 Å². The summed E-state index contributed by atoms with van der Waals surface area (Å²) in [6, 6.07) is 13.1. The summed E-state index contributed by atoms with van der Waals surface area (Å²) in [5.41, 5.74) is 0.808. The Kier molecular flexibility index (Phi) is 6.86. The maximum Gasteiger partial charge on any atom is 0.170 e. The van der Waals surface area contributed by atoms with Gasteiger partial charge in [-0.05, 0) is 42.7 Å². The molecule has 0 radical (unpaired) electrons. The first-order valence-electron chi connectivity index (χ1n) is 10.7. The molecule has 0 amide bonds. The number of hydrogen-bond donors (Lipinski definition) is 1. The molecule has 0 aromatic heterocycles. The number of rotatable bonds is 8. The summed E-state index contributed by atoms with van der Waals surface area (Å²) >= 11 is 0. The number of carbonyl (C=O) groups is 1. The number of Topliss-reactive ketones (excluding diaryl/α,β-unsaturated/α-hetero) is 1. The third kappa shape index (κ3) is 4.86. The van der Waals surface area contributed by atoms with Crippen molar-refractivity contribution in [2.75, 3.05) is 7.11 Å². The Morgan fingerprint density at radius 3 is 2.57 bits per heavy atom. The number of ether oxygens (including phenoxy) is 2. The summed E-state index contributed by atoms with van der Waals surface area (Å²) < 4.78 is 11.9. The van der Waals surface area contributed by atoms with E-state index in [1.54, 1.807) is 6.07 Å². The molecular formula is C26H32O4. The molecule has 0 unspecified atom stereocenters. The molecule has 0 spiro atoms. The number of aryl methyl sites for hydroxylation is 1. The van der Waals surface area contributed by atoms with Gasteiger partial charge >= 0.3 is 0 Å². The normalized spacial score (nSPS) is 20.9. The van der Waals surface area contributed by atoms with Crippen molar-refractivity contribution in [1.29, 1.82) is 0 Å². The van der Waals surface area contributed by atoms with E-state index in [1.807, 2.05) is 30.3 Å². The number of aromatic hydroxyl groups is 1. The molecule has 0 aliphatic heterocycles. The molecule has 1 N–H and O–H groups in total. The van der Waals surface area contributed by atoms with Gasteiger partial charge in [0.05, 0.1) is 7.11 Å². The highest BCUT2D eigenvalue weighted by molar-refractivity contribution is 6.01. The molecule has 4 heteroatoms. The van der Waals surface area contributed by atoms with Crippen LogP contribution in [-0.4, -0.2) is 23.6 Å². The van der Waals surface area contributed by atoms with E-state index >= 15 is 0 Å². The van der Waals surface area contributed by atoms with Crippen molar-refractivity contribution in [2.24, 2.45) is 11.8 Å². The van der Waals surface area contributed by atoms with Crippen LogP contribution in [0, 0.1) is 11.8 Å². The fourth-order valence-electron chi connectivity index (χ4n) is 3.93. The average molecular weight is 409 g/mol. The average Bonchev–Trinajstić information content (AvgIpc) is 2.74. The standard InChI is InChI=1S/C26H32O4/c1-18(2)26(14-12-19(3)13-15-26)30-24-17-21(29-4)16-23(28)25(24)22(27)11-10-20-8-6-5-7-9-20/h5-9,12,14,16-19,28H,10-11,13,15H2,1-4H3/t19-,26-/m0/s1. The first-order valence-corrected chi connectivity index (χ1v) is 10.7. The zero-order valence-corrected chi connectivity index (χ0v) is 18.4. The van der Waals surface area contributed by atoms with Crippen LogP contribution in [0.2, 0.25) is 0 Å². The molecule has 0 bridgehead atoms. The van der Waals surface area contributed by atoms with Gasteiger partial charge in [-0.3, -0.25) is 4.79 Å². The number of carbonyl (C=O) groups excluding carboxylic acids is 1. The Bertz CT molecular complexity index is 901. The Labute approximate surface area is 179 Å². The molecule has 4 nitrogen and oxygen atoms in total. The molecular weight excluding hydrogens is 376 g/mol. The molecule has 1 aliphatic rings. The van der Waals surface area contributed by atoms with E-state index in [0.29, 0.717) is 30.3 Å². The summed E-state index contributed by atoms with van der Waals surface area (Å²) in [7, 11) is 1.54. The summed E-state index contributed by atoms with van der Waals surface area (Å²) in [4.78, 5) is 13.1. The van der Waals surface area contributed by atoms with Gasteiger partial charge in [-0.25, -0.2) is 0 Å². The molecule has 1 aliphatic carbocycles. The van der Waals surface area contributed by atoms with E-state index in [4.69, 9.17) is 9.47 Å². The minimum Gasteiger partial charge on any atom is -0.507 e. The van der Waals surface area contributed by atoms with Crippen molar-refractivity contribution in [3.63, 3.8) is 0 Å². The lowest BCUT2D eigenvalue weighted by Gasteiger charge is -2.39. The van der Waals surface area contributed by atoms with E-state index in [9.17, 15) is 9.90 Å². The van der Waals surface area contributed by atoms with Gasteiger partial charge in [-0.2, -0.15) is 0 Å². The first-order chi connectivity index (χ1) is 14.3. The Balaban J connectivity index is 1.93. The number of phenols is 1. The summed E-state index contributed by atoms with van der Waals surface area (Å²) in [5.74, 6) is 1.33. The molecule has 0 saturated heterocycles. The second-order valence-corrected chi connectivity index (χ2v) is 8.52. The van der Waals surface area contributed by atoms with Crippen LogP contribution in [0.25, 0.3) is 0 Å². The third-order valence-corrected chi connectivity index (χ3v) is 6.03. The van der Waals surface area contributed by atoms with Gasteiger partial charge in [-0.1, -0.05) is 57.2 Å². The summed E-state index contributed by atoms with van der Waals surface area (Å²) in [5, 5.41) is 10.7. The second-order valence-electron chi connectivity index (χ2n) is 8.52. The monoisotopic (exact) mass is 408 g/mol. The smallest absolute Gasteiger partial charge is 0.170 e. The van der Waals surface area contributed by atoms with Gasteiger partial charge in [0, 0.05) is 18.6 Å². The number of allylic oxidation sites excluding steroid dienone is 1. The fraction of sp³-hybridized carbons (Fsp3) is 0.423. The second kappa shape index (κ2) is 9.38. The predicted molar refractivity (Wildman–Crippen MR) is 119 cm³/mol. The maximum absolute atomic E-state index is 13.1. The van der Waals surface area contributed by atoms with E-state index < -0.39 is 5.60 Å².